The second-order valence-electron chi connectivity index (χ2n) is 6.97. The van der Waals surface area contributed by atoms with Crippen LogP contribution in [-0.4, -0.2) is 58.1 Å². The molecule has 4 N–H and O–H groups in total. The van der Waals surface area contributed by atoms with Gasteiger partial charge in [0.15, 0.2) is 11.6 Å². The summed E-state index contributed by atoms with van der Waals surface area (Å²) in [7, 11) is 0. The molecule has 1 saturated heterocycles. The summed E-state index contributed by atoms with van der Waals surface area (Å²) >= 11 is 6.30. The maximum atomic E-state index is 14.1. The van der Waals surface area contributed by atoms with Gasteiger partial charge >= 0.3 is 0 Å². The monoisotopic (exact) mass is 426 g/mol. The molecule has 3 rings (SSSR count). The average Bonchev–Trinajstić information content (AvgIpc) is 2.70. The summed E-state index contributed by atoms with van der Waals surface area (Å²) in [5.74, 6) is -0.289. The molecule has 0 spiro atoms. The molecule has 3 unspecified atom stereocenters. The van der Waals surface area contributed by atoms with Crippen molar-refractivity contribution in [3.63, 3.8) is 0 Å². The number of benzene rings is 2. The van der Waals surface area contributed by atoms with Crippen molar-refractivity contribution in [2.24, 2.45) is 0 Å². The molecule has 1 aliphatic heterocycles. The molecule has 0 bridgehead atoms. The summed E-state index contributed by atoms with van der Waals surface area (Å²) in [5, 5.41) is 40.1. The van der Waals surface area contributed by atoms with Crippen molar-refractivity contribution in [3.05, 3.63) is 63.9 Å². The van der Waals surface area contributed by atoms with Gasteiger partial charge in [0.05, 0.1) is 13.2 Å². The molecular weight excluding hydrogens is 403 g/mol. The van der Waals surface area contributed by atoms with Crippen LogP contribution < -0.4 is 4.74 Å². The number of aliphatic hydroxyl groups is 4. The predicted octanol–water partition coefficient (Wildman–Crippen LogP) is 1.98. The summed E-state index contributed by atoms with van der Waals surface area (Å²) in [6, 6.07) is 9.63. The Kier molecular flexibility index (Phi) is 7.10. The summed E-state index contributed by atoms with van der Waals surface area (Å²) in [5.41, 5.74) is 1.87. The highest BCUT2D eigenvalue weighted by molar-refractivity contribution is 6.31. The minimum absolute atomic E-state index is 0.178. The maximum Gasteiger partial charge on any atom is 0.165 e. The zero-order chi connectivity index (χ0) is 21.1. The van der Waals surface area contributed by atoms with Crippen molar-refractivity contribution in [3.8, 4) is 5.75 Å². The van der Waals surface area contributed by atoms with Crippen molar-refractivity contribution < 1.29 is 34.3 Å². The highest BCUT2D eigenvalue weighted by Crippen LogP contribution is 2.34. The van der Waals surface area contributed by atoms with Crippen LogP contribution in [0.2, 0.25) is 5.02 Å². The summed E-state index contributed by atoms with van der Waals surface area (Å²) in [6.45, 7) is 1.63. The first-order valence-corrected chi connectivity index (χ1v) is 9.73. The van der Waals surface area contributed by atoms with E-state index >= 15 is 0 Å². The molecule has 0 amide bonds. The van der Waals surface area contributed by atoms with Crippen LogP contribution in [-0.2, 0) is 11.2 Å². The fourth-order valence-electron chi connectivity index (χ4n) is 3.43. The quantitative estimate of drug-likeness (QED) is 0.563. The standard InChI is InChI=1S/C21H24ClFO6/c1-2-28-16-6-3-11(8-15(16)23)7-13-9-12(4-5-14(13)22)21-20(27)19(26)18(25)17(10-24)29-21/h3-6,8-9,17-21,24-27H,2,7,10H2,1H3/t17?,18-,19?,20-,21?/m1/s1. The third-order valence-electron chi connectivity index (χ3n) is 4.98. The Bertz CT molecular complexity index is 846. The van der Waals surface area contributed by atoms with E-state index in [0.29, 0.717) is 34.7 Å². The molecule has 8 heteroatoms. The Morgan fingerprint density at radius 1 is 1.07 bits per heavy atom. The Balaban J connectivity index is 1.85. The zero-order valence-electron chi connectivity index (χ0n) is 15.8. The van der Waals surface area contributed by atoms with Crippen LogP contribution in [0, 0.1) is 5.82 Å². The Morgan fingerprint density at radius 3 is 2.48 bits per heavy atom. The smallest absolute Gasteiger partial charge is 0.165 e. The minimum Gasteiger partial charge on any atom is -0.491 e. The highest BCUT2D eigenvalue weighted by atomic mass is 35.5. The molecule has 0 aromatic heterocycles. The van der Waals surface area contributed by atoms with Crippen LogP contribution in [0.25, 0.3) is 0 Å². The number of hydrogen-bond acceptors (Lipinski definition) is 6. The molecule has 6 nitrogen and oxygen atoms in total. The van der Waals surface area contributed by atoms with Gasteiger partial charge in [-0.05, 0) is 48.2 Å². The zero-order valence-corrected chi connectivity index (χ0v) is 16.6. The molecule has 2 aromatic carbocycles. The number of rotatable bonds is 6. The maximum absolute atomic E-state index is 14.1. The topological polar surface area (TPSA) is 99.4 Å². The summed E-state index contributed by atoms with van der Waals surface area (Å²) in [4.78, 5) is 0. The molecule has 1 aliphatic rings. The number of ether oxygens (including phenoxy) is 2. The molecule has 158 valence electrons. The lowest BCUT2D eigenvalue weighted by atomic mass is 9.90. The van der Waals surface area contributed by atoms with Gasteiger partial charge in [0.2, 0.25) is 0 Å². The van der Waals surface area contributed by atoms with Gasteiger partial charge in [-0.15, -0.1) is 0 Å². The average molecular weight is 427 g/mol. The Labute approximate surface area is 173 Å². The van der Waals surface area contributed by atoms with Crippen LogP contribution in [0.5, 0.6) is 5.75 Å². The van der Waals surface area contributed by atoms with Crippen LogP contribution in [0.15, 0.2) is 36.4 Å². The third kappa shape index (κ3) is 4.71. The van der Waals surface area contributed by atoms with Crippen molar-refractivity contribution in [1.29, 1.82) is 0 Å². The van der Waals surface area contributed by atoms with Gasteiger partial charge in [0.25, 0.3) is 0 Å². The van der Waals surface area contributed by atoms with Crippen molar-refractivity contribution in [2.45, 2.75) is 43.9 Å². The van der Waals surface area contributed by atoms with E-state index < -0.39 is 42.9 Å². The van der Waals surface area contributed by atoms with Gasteiger partial charge in [0.1, 0.15) is 30.5 Å². The highest BCUT2D eigenvalue weighted by Gasteiger charge is 2.44. The van der Waals surface area contributed by atoms with Gasteiger partial charge in [-0.3, -0.25) is 0 Å². The predicted molar refractivity (Wildman–Crippen MR) is 105 cm³/mol. The minimum atomic E-state index is -1.47. The molecule has 0 radical (unpaired) electrons. The van der Waals surface area contributed by atoms with Crippen molar-refractivity contribution >= 4 is 11.6 Å². The van der Waals surface area contributed by atoms with Crippen molar-refractivity contribution in [2.75, 3.05) is 13.2 Å². The van der Waals surface area contributed by atoms with E-state index in [-0.39, 0.29) is 5.75 Å². The first-order valence-electron chi connectivity index (χ1n) is 9.35. The fourth-order valence-corrected chi connectivity index (χ4v) is 3.62. The Morgan fingerprint density at radius 2 is 1.83 bits per heavy atom. The van der Waals surface area contributed by atoms with Gasteiger partial charge in [-0.1, -0.05) is 29.8 Å². The summed E-state index contributed by atoms with van der Waals surface area (Å²) < 4.78 is 24.9. The first-order chi connectivity index (χ1) is 13.8. The van der Waals surface area contributed by atoms with E-state index in [1.807, 2.05) is 0 Å². The Hall–Kier alpha value is -1.74. The molecule has 29 heavy (non-hydrogen) atoms. The lowest BCUT2D eigenvalue weighted by Crippen LogP contribution is -2.55. The largest absolute Gasteiger partial charge is 0.491 e. The van der Waals surface area contributed by atoms with Crippen LogP contribution in [0.4, 0.5) is 4.39 Å². The lowest BCUT2D eigenvalue weighted by Gasteiger charge is -2.40. The van der Waals surface area contributed by atoms with E-state index in [4.69, 9.17) is 21.1 Å². The lowest BCUT2D eigenvalue weighted by molar-refractivity contribution is -0.231. The summed E-state index contributed by atoms with van der Waals surface area (Å²) in [6.07, 6.45) is -5.91. The first kappa shape index (κ1) is 22.0. The molecular formula is C21H24ClFO6. The van der Waals surface area contributed by atoms with Crippen LogP contribution in [0.3, 0.4) is 0 Å². The number of aliphatic hydroxyl groups excluding tert-OH is 4. The van der Waals surface area contributed by atoms with E-state index in [9.17, 15) is 24.8 Å². The van der Waals surface area contributed by atoms with Gasteiger partial charge < -0.3 is 29.9 Å². The third-order valence-corrected chi connectivity index (χ3v) is 5.35. The second kappa shape index (κ2) is 9.38. The van der Waals surface area contributed by atoms with E-state index in [1.165, 1.54) is 6.07 Å². The SMILES string of the molecule is CCOc1ccc(Cc2cc(C3OC(CO)[C@@H](O)C(O)[C@H]3O)ccc2Cl)cc1F. The number of hydrogen-bond donors (Lipinski definition) is 4. The van der Waals surface area contributed by atoms with Gasteiger partial charge in [0, 0.05) is 5.02 Å². The molecule has 2 aromatic rings. The molecule has 0 aliphatic carbocycles. The molecule has 1 heterocycles. The van der Waals surface area contributed by atoms with E-state index in [1.54, 1.807) is 37.3 Å². The fraction of sp³-hybridized carbons (Fsp3) is 0.429. The molecule has 0 saturated carbocycles. The van der Waals surface area contributed by atoms with E-state index in [2.05, 4.69) is 0 Å². The van der Waals surface area contributed by atoms with E-state index in [0.717, 1.165) is 0 Å². The molecule has 5 atom stereocenters. The van der Waals surface area contributed by atoms with Gasteiger partial charge in [-0.2, -0.15) is 0 Å². The number of halogens is 2. The van der Waals surface area contributed by atoms with Crippen LogP contribution in [0.1, 0.15) is 29.7 Å². The molecule has 1 fully saturated rings. The van der Waals surface area contributed by atoms with Gasteiger partial charge in [-0.25, -0.2) is 4.39 Å². The second-order valence-corrected chi connectivity index (χ2v) is 7.38. The van der Waals surface area contributed by atoms with Crippen LogP contribution >= 0.6 is 11.6 Å². The van der Waals surface area contributed by atoms with Crippen molar-refractivity contribution in [1.82, 2.24) is 0 Å². The normalized spacial score (nSPS) is 27.1.